The summed E-state index contributed by atoms with van der Waals surface area (Å²) in [5.41, 5.74) is 2.58. The van der Waals surface area contributed by atoms with Crippen molar-refractivity contribution in [2.45, 2.75) is 33.2 Å². The smallest absolute Gasteiger partial charge is 0.258 e. The zero-order valence-corrected chi connectivity index (χ0v) is 12.2. The molecule has 1 aliphatic rings. The van der Waals surface area contributed by atoms with E-state index in [0.717, 1.165) is 42.6 Å². The van der Waals surface area contributed by atoms with Gasteiger partial charge in [0.15, 0.2) is 0 Å². The quantitative estimate of drug-likeness (QED) is 0.840. The van der Waals surface area contributed by atoms with E-state index in [9.17, 15) is 4.79 Å². The van der Waals surface area contributed by atoms with Crippen LogP contribution in [0.4, 0.5) is 0 Å². The third kappa shape index (κ3) is 2.61. The molecule has 4 heteroatoms. The molecule has 1 aliphatic heterocycles. The van der Waals surface area contributed by atoms with Crippen molar-refractivity contribution in [3.63, 3.8) is 0 Å². The lowest BCUT2D eigenvalue weighted by molar-refractivity contribution is 0.175. The van der Waals surface area contributed by atoms with E-state index in [2.05, 4.69) is 16.8 Å². The average molecular weight is 271 g/mol. The largest absolute Gasteiger partial charge is 0.297 e. The van der Waals surface area contributed by atoms with Crippen molar-refractivity contribution in [2.24, 2.45) is 5.92 Å². The molecule has 0 bridgehead atoms. The molecule has 1 fully saturated rings. The molecule has 1 atom stereocenters. The van der Waals surface area contributed by atoms with Gasteiger partial charge in [-0.3, -0.25) is 14.1 Å². The van der Waals surface area contributed by atoms with Crippen LogP contribution in [0.5, 0.6) is 0 Å². The molecule has 0 amide bonds. The minimum atomic E-state index is 0.0214. The highest BCUT2D eigenvalue weighted by molar-refractivity contribution is 5.40. The van der Waals surface area contributed by atoms with E-state index in [0.29, 0.717) is 0 Å². The zero-order valence-electron chi connectivity index (χ0n) is 12.2. The maximum atomic E-state index is 12.2. The fourth-order valence-electron chi connectivity index (χ4n) is 3.10. The molecule has 2 aromatic rings. The van der Waals surface area contributed by atoms with Gasteiger partial charge < -0.3 is 0 Å². The highest BCUT2D eigenvalue weighted by Crippen LogP contribution is 2.17. The second kappa shape index (κ2) is 5.37. The van der Waals surface area contributed by atoms with Crippen LogP contribution in [0.25, 0.3) is 5.65 Å². The van der Waals surface area contributed by atoms with Gasteiger partial charge in [0.2, 0.25) is 0 Å². The zero-order chi connectivity index (χ0) is 14.1. The van der Waals surface area contributed by atoms with Gasteiger partial charge in [0, 0.05) is 24.8 Å². The molecule has 0 aliphatic carbocycles. The molecule has 0 spiro atoms. The second-order valence-corrected chi connectivity index (χ2v) is 5.93. The van der Waals surface area contributed by atoms with Crippen LogP contribution in [-0.4, -0.2) is 27.4 Å². The summed E-state index contributed by atoms with van der Waals surface area (Å²) in [5, 5.41) is 0. The van der Waals surface area contributed by atoms with Crippen LogP contribution in [-0.2, 0) is 6.54 Å². The summed E-state index contributed by atoms with van der Waals surface area (Å²) in [6, 6.07) is 7.46. The van der Waals surface area contributed by atoms with Crippen LogP contribution in [0.2, 0.25) is 0 Å². The van der Waals surface area contributed by atoms with E-state index in [4.69, 9.17) is 0 Å². The first-order valence-electron chi connectivity index (χ1n) is 7.34. The van der Waals surface area contributed by atoms with Gasteiger partial charge in [-0.2, -0.15) is 0 Å². The van der Waals surface area contributed by atoms with Crippen LogP contribution in [0.15, 0.2) is 29.1 Å². The molecule has 2 aromatic heterocycles. The predicted molar refractivity (Wildman–Crippen MR) is 79.9 cm³/mol. The molecule has 0 N–H and O–H groups in total. The van der Waals surface area contributed by atoms with Crippen molar-refractivity contribution in [2.75, 3.05) is 13.1 Å². The predicted octanol–water partition coefficient (Wildman–Crippen LogP) is 2.23. The summed E-state index contributed by atoms with van der Waals surface area (Å²) >= 11 is 0. The fourth-order valence-corrected chi connectivity index (χ4v) is 3.10. The van der Waals surface area contributed by atoms with E-state index >= 15 is 0 Å². The number of pyridine rings is 1. The summed E-state index contributed by atoms with van der Waals surface area (Å²) in [6.07, 6.45) is 2.55. The second-order valence-electron chi connectivity index (χ2n) is 5.93. The summed E-state index contributed by atoms with van der Waals surface area (Å²) < 4.78 is 1.67. The Morgan fingerprint density at radius 2 is 2.25 bits per heavy atom. The third-order valence-electron chi connectivity index (χ3n) is 4.06. The number of piperidine rings is 1. The number of fused-ring (bicyclic) bond motifs is 1. The number of rotatable bonds is 2. The van der Waals surface area contributed by atoms with E-state index in [1.807, 2.05) is 25.1 Å². The van der Waals surface area contributed by atoms with Crippen molar-refractivity contribution in [3.05, 3.63) is 46.0 Å². The van der Waals surface area contributed by atoms with Gasteiger partial charge in [0.05, 0.1) is 5.69 Å². The van der Waals surface area contributed by atoms with E-state index < -0.39 is 0 Å². The van der Waals surface area contributed by atoms with Crippen molar-refractivity contribution in [1.29, 1.82) is 0 Å². The summed E-state index contributed by atoms with van der Waals surface area (Å²) in [5.74, 6) is 0.743. The van der Waals surface area contributed by atoms with Crippen LogP contribution < -0.4 is 5.56 Å². The Balaban J connectivity index is 1.91. The lowest BCUT2D eigenvalue weighted by atomic mass is 10.0. The Labute approximate surface area is 119 Å². The van der Waals surface area contributed by atoms with Gasteiger partial charge in [-0.05, 0) is 44.4 Å². The monoisotopic (exact) mass is 271 g/mol. The molecule has 4 nitrogen and oxygen atoms in total. The first-order valence-corrected chi connectivity index (χ1v) is 7.34. The number of aromatic nitrogens is 2. The van der Waals surface area contributed by atoms with Gasteiger partial charge >= 0.3 is 0 Å². The summed E-state index contributed by atoms with van der Waals surface area (Å²) in [7, 11) is 0. The first kappa shape index (κ1) is 13.3. The van der Waals surface area contributed by atoms with Crippen molar-refractivity contribution < 1.29 is 0 Å². The van der Waals surface area contributed by atoms with E-state index in [1.165, 1.54) is 12.8 Å². The summed E-state index contributed by atoms with van der Waals surface area (Å²) in [4.78, 5) is 19.3. The molecule has 0 saturated carbocycles. The first-order chi connectivity index (χ1) is 9.63. The lowest BCUT2D eigenvalue weighted by Gasteiger charge is -2.30. The number of aryl methyl sites for hydroxylation is 1. The maximum absolute atomic E-state index is 12.2. The molecular formula is C16H21N3O. The van der Waals surface area contributed by atoms with E-state index in [-0.39, 0.29) is 5.56 Å². The van der Waals surface area contributed by atoms with Gasteiger partial charge in [0.1, 0.15) is 5.65 Å². The normalized spacial score (nSPS) is 20.4. The minimum Gasteiger partial charge on any atom is -0.297 e. The van der Waals surface area contributed by atoms with E-state index in [1.54, 1.807) is 10.5 Å². The molecular weight excluding hydrogens is 250 g/mol. The molecule has 1 saturated heterocycles. The molecule has 0 aromatic carbocycles. The third-order valence-corrected chi connectivity index (χ3v) is 4.06. The average Bonchev–Trinajstić information content (AvgIpc) is 2.38. The maximum Gasteiger partial charge on any atom is 0.258 e. The van der Waals surface area contributed by atoms with Gasteiger partial charge in [0.25, 0.3) is 5.56 Å². The molecule has 20 heavy (non-hydrogen) atoms. The Morgan fingerprint density at radius 3 is 3.05 bits per heavy atom. The molecule has 106 valence electrons. The molecule has 3 heterocycles. The fraction of sp³-hybridized carbons (Fsp3) is 0.500. The standard InChI is InChI=1S/C16H21N3O/c1-12-5-4-8-18(10-12)11-14-9-16(20)19-13(2)6-3-7-15(19)17-14/h3,6-7,9,12H,4-5,8,10-11H2,1-2H3/t12-/m1/s1. The highest BCUT2D eigenvalue weighted by Gasteiger charge is 2.17. The number of likely N-dealkylation sites (tertiary alicyclic amines) is 1. The summed E-state index contributed by atoms with van der Waals surface area (Å²) in [6.45, 7) is 7.22. The van der Waals surface area contributed by atoms with Crippen LogP contribution >= 0.6 is 0 Å². The minimum absolute atomic E-state index is 0.0214. The van der Waals surface area contributed by atoms with Crippen molar-refractivity contribution >= 4 is 5.65 Å². The Kier molecular flexibility index (Phi) is 3.57. The number of nitrogens with zero attached hydrogens (tertiary/aromatic N) is 3. The Morgan fingerprint density at radius 1 is 1.40 bits per heavy atom. The molecule has 0 radical (unpaired) electrons. The SMILES string of the molecule is Cc1cccc2nc(CN3CCC[C@@H](C)C3)cc(=O)n12. The Bertz CT molecular complexity index is 677. The van der Waals surface area contributed by atoms with Gasteiger partial charge in [-0.15, -0.1) is 0 Å². The molecule has 0 unspecified atom stereocenters. The van der Waals surface area contributed by atoms with Crippen molar-refractivity contribution in [3.8, 4) is 0 Å². The highest BCUT2D eigenvalue weighted by atomic mass is 16.1. The van der Waals surface area contributed by atoms with Gasteiger partial charge in [-0.1, -0.05) is 13.0 Å². The van der Waals surface area contributed by atoms with Crippen molar-refractivity contribution in [1.82, 2.24) is 14.3 Å². The number of hydrogen-bond donors (Lipinski definition) is 0. The topological polar surface area (TPSA) is 37.6 Å². The van der Waals surface area contributed by atoms with Gasteiger partial charge in [-0.25, -0.2) is 4.98 Å². The Hall–Kier alpha value is -1.68. The molecule has 3 rings (SSSR count). The van der Waals surface area contributed by atoms with Crippen LogP contribution in [0.1, 0.15) is 31.2 Å². The lowest BCUT2D eigenvalue weighted by Crippen LogP contribution is -2.34. The van der Waals surface area contributed by atoms with Crippen LogP contribution in [0, 0.1) is 12.8 Å². The number of hydrogen-bond acceptors (Lipinski definition) is 3. The van der Waals surface area contributed by atoms with Crippen LogP contribution in [0.3, 0.4) is 0 Å².